The number of hydrogen-bond acceptors (Lipinski definition) is 11. The highest BCUT2D eigenvalue weighted by molar-refractivity contribution is 14.1. The number of aromatic nitrogens is 4. The molecule has 3 heterocycles. The summed E-state index contributed by atoms with van der Waals surface area (Å²) in [5.74, 6) is -1.79. The summed E-state index contributed by atoms with van der Waals surface area (Å²) in [5.41, 5.74) is 7.29. The molecule has 0 amide bonds. The van der Waals surface area contributed by atoms with Gasteiger partial charge in [-0.3, -0.25) is 0 Å². The molecule has 44 heavy (non-hydrogen) atoms. The minimum atomic E-state index is -1.24. The summed E-state index contributed by atoms with van der Waals surface area (Å²) in [6.45, 7) is -0.330. The molecule has 1 fully saturated rings. The third kappa shape index (κ3) is 5.96. The first kappa shape index (κ1) is 29.2. The van der Waals surface area contributed by atoms with E-state index >= 15 is 0 Å². The van der Waals surface area contributed by atoms with Crippen molar-refractivity contribution >= 4 is 57.4 Å². The first-order chi connectivity index (χ1) is 21.4. The molecule has 0 radical (unpaired) electrons. The number of esters is 3. The van der Waals surface area contributed by atoms with Crippen LogP contribution in [0.15, 0.2) is 97.3 Å². The fraction of sp³-hybridized carbons (Fsp3) is 0.161. The lowest BCUT2D eigenvalue weighted by atomic mass is 10.1. The van der Waals surface area contributed by atoms with Crippen molar-refractivity contribution in [1.82, 2.24) is 19.7 Å². The SMILES string of the molecule is Nc1ncnc2c1c(I)nn2[C@@H]1O[C@H](COC(=O)c2ccccc2)[C@@H](OC(=O)c2ccccc2)[C@H]1OC(=O)c1ccccc1. The largest absolute Gasteiger partial charge is 0.459 e. The van der Waals surface area contributed by atoms with E-state index in [9.17, 15) is 14.4 Å². The smallest absolute Gasteiger partial charge is 0.338 e. The predicted molar refractivity (Wildman–Crippen MR) is 164 cm³/mol. The highest BCUT2D eigenvalue weighted by atomic mass is 127. The minimum Gasteiger partial charge on any atom is -0.459 e. The molecule has 6 rings (SSSR count). The number of anilines is 1. The Morgan fingerprint density at radius 1 is 0.773 bits per heavy atom. The first-order valence-corrected chi connectivity index (χ1v) is 14.5. The maximum absolute atomic E-state index is 13.4. The summed E-state index contributed by atoms with van der Waals surface area (Å²) in [5, 5.41) is 5.04. The van der Waals surface area contributed by atoms with Crippen LogP contribution < -0.4 is 5.73 Å². The van der Waals surface area contributed by atoms with Gasteiger partial charge in [0.25, 0.3) is 0 Å². The normalized spacial score (nSPS) is 19.4. The van der Waals surface area contributed by atoms with Crippen LogP contribution in [0.5, 0.6) is 0 Å². The summed E-state index contributed by atoms with van der Waals surface area (Å²) in [7, 11) is 0. The Labute approximate surface area is 264 Å². The van der Waals surface area contributed by atoms with Crippen LogP contribution in [0.3, 0.4) is 0 Å². The molecule has 0 saturated carbocycles. The van der Waals surface area contributed by atoms with Crippen molar-refractivity contribution in [2.75, 3.05) is 12.3 Å². The van der Waals surface area contributed by atoms with E-state index in [1.54, 1.807) is 91.0 Å². The van der Waals surface area contributed by atoms with Crippen molar-refractivity contribution in [3.8, 4) is 0 Å². The molecule has 5 aromatic rings. The maximum atomic E-state index is 13.4. The van der Waals surface area contributed by atoms with E-state index in [1.807, 2.05) is 22.6 Å². The molecule has 0 bridgehead atoms. The summed E-state index contributed by atoms with van der Waals surface area (Å²) in [6.07, 6.45) is -3.41. The van der Waals surface area contributed by atoms with Crippen LogP contribution in [0, 0.1) is 3.70 Å². The van der Waals surface area contributed by atoms with Gasteiger partial charge < -0.3 is 24.7 Å². The Morgan fingerprint density at radius 2 is 1.30 bits per heavy atom. The van der Waals surface area contributed by atoms with Crippen molar-refractivity contribution in [3.63, 3.8) is 0 Å². The highest BCUT2D eigenvalue weighted by Gasteiger charge is 2.52. The van der Waals surface area contributed by atoms with Gasteiger partial charge in [-0.25, -0.2) is 29.0 Å². The van der Waals surface area contributed by atoms with E-state index in [0.717, 1.165) is 0 Å². The molecule has 2 N–H and O–H groups in total. The van der Waals surface area contributed by atoms with Gasteiger partial charge in [-0.05, 0) is 59.0 Å². The zero-order chi connectivity index (χ0) is 30.6. The van der Waals surface area contributed by atoms with E-state index in [4.69, 9.17) is 24.7 Å². The molecule has 2 aromatic heterocycles. The zero-order valence-electron chi connectivity index (χ0n) is 22.9. The van der Waals surface area contributed by atoms with Crippen molar-refractivity contribution in [3.05, 3.63) is 118 Å². The Morgan fingerprint density at radius 3 is 1.86 bits per heavy atom. The van der Waals surface area contributed by atoms with Crippen molar-refractivity contribution < 1.29 is 33.3 Å². The average Bonchev–Trinajstić information content (AvgIpc) is 3.57. The van der Waals surface area contributed by atoms with Crippen LogP contribution >= 0.6 is 22.6 Å². The highest BCUT2D eigenvalue weighted by Crippen LogP contribution is 2.37. The molecule has 1 aliphatic heterocycles. The molecule has 1 aliphatic rings. The van der Waals surface area contributed by atoms with Gasteiger partial charge in [0, 0.05) is 0 Å². The van der Waals surface area contributed by atoms with Crippen molar-refractivity contribution in [1.29, 1.82) is 0 Å². The molecule has 0 unspecified atom stereocenters. The van der Waals surface area contributed by atoms with Crippen LogP contribution in [0.1, 0.15) is 37.3 Å². The molecule has 13 heteroatoms. The van der Waals surface area contributed by atoms with E-state index in [0.29, 0.717) is 20.3 Å². The lowest BCUT2D eigenvalue weighted by Gasteiger charge is -2.24. The van der Waals surface area contributed by atoms with Crippen LogP contribution in [-0.4, -0.2) is 62.6 Å². The second-order valence-corrected chi connectivity index (χ2v) is 10.7. The van der Waals surface area contributed by atoms with Gasteiger partial charge in [0.1, 0.15) is 28.6 Å². The fourth-order valence-corrected chi connectivity index (χ4v) is 5.53. The van der Waals surface area contributed by atoms with Crippen LogP contribution in [-0.2, 0) is 18.9 Å². The number of fused-ring (bicyclic) bond motifs is 1. The fourth-order valence-electron chi connectivity index (χ4n) is 4.78. The lowest BCUT2D eigenvalue weighted by molar-refractivity contribution is -0.0655. The second kappa shape index (κ2) is 12.8. The van der Waals surface area contributed by atoms with Crippen molar-refractivity contribution in [2.45, 2.75) is 24.5 Å². The minimum absolute atomic E-state index is 0.196. The van der Waals surface area contributed by atoms with Crippen LogP contribution in [0.25, 0.3) is 11.0 Å². The van der Waals surface area contributed by atoms with Crippen LogP contribution in [0.2, 0.25) is 0 Å². The Bertz CT molecular complexity index is 1800. The molecule has 12 nitrogen and oxygen atoms in total. The summed E-state index contributed by atoms with van der Waals surface area (Å²) in [6, 6.07) is 25.1. The van der Waals surface area contributed by atoms with Gasteiger partial charge in [-0.2, -0.15) is 5.10 Å². The average molecular weight is 705 g/mol. The third-order valence-corrected chi connectivity index (χ3v) is 7.65. The summed E-state index contributed by atoms with van der Waals surface area (Å²) < 4.78 is 25.8. The summed E-state index contributed by atoms with van der Waals surface area (Å²) in [4.78, 5) is 47.9. The monoisotopic (exact) mass is 705 g/mol. The molecule has 222 valence electrons. The number of benzene rings is 3. The maximum Gasteiger partial charge on any atom is 0.338 e. The molecular formula is C31H24IN5O7. The second-order valence-electron chi connectivity index (χ2n) is 9.69. The number of carbonyl (C=O) groups excluding carboxylic acids is 3. The Balaban J connectivity index is 1.39. The van der Waals surface area contributed by atoms with Gasteiger partial charge in [0.2, 0.25) is 0 Å². The Kier molecular flexibility index (Phi) is 8.47. The first-order valence-electron chi connectivity index (χ1n) is 13.4. The number of hydrogen-bond donors (Lipinski definition) is 1. The van der Waals surface area contributed by atoms with E-state index in [1.165, 1.54) is 11.0 Å². The van der Waals surface area contributed by atoms with Gasteiger partial charge in [0.05, 0.1) is 22.1 Å². The Hall–Kier alpha value is -4.89. The molecule has 4 atom stereocenters. The van der Waals surface area contributed by atoms with Gasteiger partial charge in [-0.15, -0.1) is 0 Å². The van der Waals surface area contributed by atoms with E-state index in [-0.39, 0.29) is 23.6 Å². The number of carbonyl (C=O) groups is 3. The summed E-state index contributed by atoms with van der Waals surface area (Å²) >= 11 is 1.99. The predicted octanol–water partition coefficient (Wildman–Crippen LogP) is 4.22. The molecular weight excluding hydrogens is 681 g/mol. The third-order valence-electron chi connectivity index (χ3n) is 6.90. The van der Waals surface area contributed by atoms with Gasteiger partial charge >= 0.3 is 17.9 Å². The standard InChI is InChI=1S/C31H24IN5O7/c32-25-22-26(33)34-17-35-27(22)37(36-25)28-24(44-31(40)20-14-8-3-9-15-20)23(43-30(39)19-12-6-2-7-13-19)21(42-28)16-41-29(38)18-10-4-1-5-11-18/h1-15,17,21,23-24,28H,16H2,(H2,33,34,35)/t21-,23-,24-,28-/m1/s1. The van der Waals surface area contributed by atoms with E-state index in [2.05, 4.69) is 15.1 Å². The zero-order valence-corrected chi connectivity index (χ0v) is 25.0. The molecule has 0 aliphatic carbocycles. The number of rotatable bonds is 8. The van der Waals surface area contributed by atoms with Crippen LogP contribution in [0.4, 0.5) is 5.82 Å². The number of nitrogens with zero attached hydrogens (tertiary/aromatic N) is 4. The molecule has 3 aromatic carbocycles. The quantitative estimate of drug-likeness (QED) is 0.140. The lowest BCUT2D eigenvalue weighted by Crippen LogP contribution is -2.41. The molecule has 0 spiro atoms. The van der Waals surface area contributed by atoms with Crippen molar-refractivity contribution in [2.24, 2.45) is 0 Å². The van der Waals surface area contributed by atoms with Gasteiger partial charge in [-0.1, -0.05) is 54.6 Å². The number of halogens is 1. The number of nitrogen functional groups attached to an aromatic ring is 1. The topological polar surface area (TPSA) is 158 Å². The number of nitrogens with two attached hydrogens (primary N) is 1. The van der Waals surface area contributed by atoms with E-state index < -0.39 is 42.4 Å². The molecule has 1 saturated heterocycles. The number of ether oxygens (including phenoxy) is 4. The van der Waals surface area contributed by atoms with Gasteiger partial charge in [0.15, 0.2) is 24.1 Å².